The fourth-order valence-corrected chi connectivity index (χ4v) is 10.6. The van der Waals surface area contributed by atoms with Gasteiger partial charge in [0.25, 0.3) is 0 Å². The average molecular weight is 1020 g/mol. The third-order valence-electron chi connectivity index (χ3n) is 14.4. The van der Waals surface area contributed by atoms with Gasteiger partial charge < -0.3 is 14.7 Å². The van der Waals surface area contributed by atoms with Gasteiger partial charge in [0.1, 0.15) is 0 Å². The lowest BCUT2D eigenvalue weighted by Crippen LogP contribution is -2.16. The van der Waals surface area contributed by atoms with Gasteiger partial charge in [-0.2, -0.15) is 0 Å². The van der Waals surface area contributed by atoms with Crippen LogP contribution in [0.15, 0.2) is 278 Å². The van der Waals surface area contributed by atoms with Gasteiger partial charge in [-0.3, -0.25) is 0 Å². The number of fused-ring (bicyclic) bond motifs is 2. The van der Waals surface area contributed by atoms with E-state index in [0.717, 1.165) is 74.9 Å². The van der Waals surface area contributed by atoms with E-state index in [0.29, 0.717) is 0 Å². The van der Waals surface area contributed by atoms with Gasteiger partial charge in [0.05, 0.1) is 0 Å². The molecule has 11 rings (SSSR count). The van der Waals surface area contributed by atoms with Crippen LogP contribution in [-0.4, -0.2) is 0 Å². The first-order valence-corrected chi connectivity index (χ1v) is 27.6. The molecule has 0 fully saturated rings. The average Bonchev–Trinajstić information content (AvgIpc) is 3.50. The Morgan fingerprint density at radius 3 is 1.39 bits per heavy atom. The van der Waals surface area contributed by atoms with Crippen LogP contribution in [-0.2, 0) is 25.7 Å². The molecule has 2 aliphatic rings. The van der Waals surface area contributed by atoms with Gasteiger partial charge in [0.2, 0.25) is 0 Å². The Balaban J connectivity index is 0.000000890. The molecule has 0 bridgehead atoms. The van der Waals surface area contributed by atoms with E-state index in [1.807, 2.05) is 30.3 Å². The van der Waals surface area contributed by atoms with Crippen molar-refractivity contribution in [3.63, 3.8) is 0 Å². The molecule has 0 spiro atoms. The van der Waals surface area contributed by atoms with Crippen LogP contribution >= 0.6 is 12.6 Å². The minimum atomic E-state index is 0.926. The second kappa shape index (κ2) is 25.8. The van der Waals surface area contributed by atoms with Crippen molar-refractivity contribution < 1.29 is 0 Å². The molecule has 0 heterocycles. The highest BCUT2D eigenvalue weighted by Crippen LogP contribution is 2.41. The first-order chi connectivity index (χ1) is 38.0. The Kier molecular flexibility index (Phi) is 17.4. The van der Waals surface area contributed by atoms with Crippen LogP contribution in [0.3, 0.4) is 0 Å². The van der Waals surface area contributed by atoms with Crippen molar-refractivity contribution in [2.24, 2.45) is 0 Å². The van der Waals surface area contributed by atoms with Crippen LogP contribution < -0.4 is 14.7 Å². The normalized spacial score (nSPS) is 13.1. The highest BCUT2D eigenvalue weighted by molar-refractivity contribution is 7.80. The van der Waals surface area contributed by atoms with E-state index >= 15 is 0 Å². The highest BCUT2D eigenvalue weighted by Gasteiger charge is 2.21. The summed E-state index contributed by atoms with van der Waals surface area (Å²) in [6, 6.07) is 82.1. The molecule has 0 saturated carbocycles. The molecule has 0 unspecified atom stereocenters. The summed E-state index contributed by atoms with van der Waals surface area (Å²) < 4.78 is 0. The smallest absolute Gasteiger partial charge is 0.0496 e. The van der Waals surface area contributed by atoms with Crippen LogP contribution in [0.1, 0.15) is 71.6 Å². The Morgan fingerprint density at radius 2 is 0.844 bits per heavy atom. The van der Waals surface area contributed by atoms with E-state index in [4.69, 9.17) is 0 Å². The lowest BCUT2D eigenvalue weighted by Gasteiger charge is -2.30. The lowest BCUT2D eigenvalue weighted by molar-refractivity contribution is 0.685. The topological polar surface area (TPSA) is 9.72 Å². The second-order valence-electron chi connectivity index (χ2n) is 19.7. The predicted molar refractivity (Wildman–Crippen MR) is 334 cm³/mol. The molecule has 0 atom stereocenters. The molecule has 0 radical (unpaired) electrons. The van der Waals surface area contributed by atoms with Crippen molar-refractivity contribution in [1.29, 1.82) is 0 Å². The maximum Gasteiger partial charge on any atom is 0.0496 e. The Labute approximate surface area is 463 Å². The van der Waals surface area contributed by atoms with Crippen molar-refractivity contribution in [3.05, 3.63) is 312 Å². The minimum absolute atomic E-state index is 0.926. The van der Waals surface area contributed by atoms with Gasteiger partial charge in [0.15, 0.2) is 0 Å². The minimum Gasteiger partial charge on any atom is -0.311 e. The molecule has 0 saturated heterocycles. The largest absolute Gasteiger partial charge is 0.311 e. The summed E-state index contributed by atoms with van der Waals surface area (Å²) in [6.07, 6.45) is 24.8. The molecule has 77 heavy (non-hydrogen) atoms. The molecule has 0 amide bonds. The zero-order chi connectivity index (χ0) is 52.6. The van der Waals surface area contributed by atoms with Crippen LogP contribution in [0.25, 0.3) is 18.2 Å². The van der Waals surface area contributed by atoms with Gasteiger partial charge in [-0.15, -0.1) is 12.6 Å². The molecule has 0 N–H and O–H groups in total. The van der Waals surface area contributed by atoms with Crippen molar-refractivity contribution in [2.45, 2.75) is 63.2 Å². The van der Waals surface area contributed by atoms with Crippen LogP contribution in [0, 0.1) is 0 Å². The van der Waals surface area contributed by atoms with E-state index < -0.39 is 0 Å². The Bertz CT molecular complexity index is 3470. The number of thiol groups is 1. The highest BCUT2D eigenvalue weighted by atomic mass is 32.1. The predicted octanol–water partition coefficient (Wildman–Crippen LogP) is 20.4. The zero-order valence-electron chi connectivity index (χ0n) is 44.1. The monoisotopic (exact) mass is 1020 g/mol. The summed E-state index contributed by atoms with van der Waals surface area (Å²) in [5.74, 6) is 0. The number of anilines is 8. The summed E-state index contributed by atoms with van der Waals surface area (Å²) in [7, 11) is 0. The standard InChI is InChI=1S/C67H61N3.C6H6S/c1-3-58(68(59-22-7-4-8-23-59)65-49-41-55-18-13-14-20-57(55)50-65)42-31-51(2)30-32-52-35-43-62(44-36-52)69(60-24-9-5-10-25-60)63-45-37-53(38-46-63)33-34-54-39-47-64(48-40-54)70(61-26-11-6-12-27-61)67-29-17-21-56-19-15-16-28-66(56)67;7-6-4-2-1-3-5-6/h3-12,17,21-27,29-50H,2,13-16,18-20,28H2,1H3;1-5,7H/b32-30+,34-33+,42-31-,58-3+;. The second-order valence-corrected chi connectivity index (χ2v) is 20.2. The Morgan fingerprint density at radius 1 is 0.390 bits per heavy atom. The zero-order valence-corrected chi connectivity index (χ0v) is 45.0. The summed E-state index contributed by atoms with van der Waals surface area (Å²) >= 11 is 4.08. The summed E-state index contributed by atoms with van der Waals surface area (Å²) in [4.78, 5) is 8.10. The number of rotatable bonds is 15. The molecule has 380 valence electrons. The summed E-state index contributed by atoms with van der Waals surface area (Å²) in [5, 5.41) is 0. The van der Waals surface area contributed by atoms with E-state index in [9.17, 15) is 0 Å². The maximum atomic E-state index is 4.41. The first kappa shape index (κ1) is 51.9. The molecular formula is C73H67N3S. The van der Waals surface area contributed by atoms with Gasteiger partial charge in [-0.05, 0) is 212 Å². The number of aryl methyl sites for hydroxylation is 3. The SMILES string of the molecule is C=C(/C=C\C(=C/C)N(c1ccccc1)c1ccc2c(c1)CCCC2)/C=C/c1ccc(N(c2ccccc2)c2ccc(/C=C/c3ccc(N(c4ccccc4)c4cccc5c4CCCC5)cc3)cc2)cc1.Sc1ccccc1. The van der Waals surface area contributed by atoms with Crippen molar-refractivity contribution in [3.8, 4) is 0 Å². The molecule has 0 aromatic heterocycles. The van der Waals surface area contributed by atoms with Crippen molar-refractivity contribution in [2.75, 3.05) is 14.7 Å². The molecule has 4 heteroatoms. The number of para-hydroxylation sites is 3. The third kappa shape index (κ3) is 13.3. The van der Waals surface area contributed by atoms with Gasteiger partial charge in [0, 0.05) is 56.1 Å². The fraction of sp³-hybridized carbons (Fsp3) is 0.123. The molecular weight excluding hydrogens is 951 g/mol. The number of allylic oxidation sites excluding steroid dienone is 5. The van der Waals surface area contributed by atoms with Crippen LogP contribution in [0.5, 0.6) is 0 Å². The molecule has 9 aromatic carbocycles. The summed E-state index contributed by atoms with van der Waals surface area (Å²) in [6.45, 7) is 6.52. The van der Waals surface area contributed by atoms with Crippen molar-refractivity contribution in [1.82, 2.24) is 0 Å². The Hall–Kier alpha value is -8.57. The molecule has 3 nitrogen and oxygen atoms in total. The number of hydrogen-bond acceptors (Lipinski definition) is 4. The first-order valence-electron chi connectivity index (χ1n) is 27.2. The molecule has 0 aliphatic heterocycles. The van der Waals surface area contributed by atoms with E-state index in [1.165, 1.54) is 77.1 Å². The fourth-order valence-electron chi connectivity index (χ4n) is 10.5. The van der Waals surface area contributed by atoms with Gasteiger partial charge in [-0.1, -0.05) is 170 Å². The third-order valence-corrected chi connectivity index (χ3v) is 14.7. The molecule has 2 aliphatic carbocycles. The quantitative estimate of drug-likeness (QED) is 0.0623. The number of hydrogen-bond donors (Lipinski definition) is 1. The number of benzene rings is 9. The maximum absolute atomic E-state index is 4.41. The van der Waals surface area contributed by atoms with E-state index in [-0.39, 0.29) is 0 Å². The lowest BCUT2D eigenvalue weighted by atomic mass is 9.90. The van der Waals surface area contributed by atoms with Gasteiger partial charge >= 0.3 is 0 Å². The van der Waals surface area contributed by atoms with E-state index in [2.05, 4.69) is 284 Å². The molecule has 9 aromatic rings. The van der Waals surface area contributed by atoms with Gasteiger partial charge in [-0.25, -0.2) is 0 Å². The van der Waals surface area contributed by atoms with Crippen LogP contribution in [0.2, 0.25) is 0 Å². The van der Waals surface area contributed by atoms with Crippen LogP contribution in [0.4, 0.5) is 45.5 Å². The van der Waals surface area contributed by atoms with E-state index in [1.54, 1.807) is 0 Å². The van der Waals surface area contributed by atoms with Crippen molar-refractivity contribution >= 4 is 76.4 Å². The summed E-state index contributed by atoms with van der Waals surface area (Å²) in [5.41, 5.74) is 20.6. The number of nitrogens with zero attached hydrogens (tertiary/aromatic N) is 3.